The summed E-state index contributed by atoms with van der Waals surface area (Å²) >= 11 is 4.84. The largest absolute Gasteiger partial charge is 0.340 e. The number of unbranched alkanes of at least 4 members (excludes halogenated alkanes) is 20. The van der Waals surface area contributed by atoms with Crippen LogP contribution in [0.1, 0.15) is 217 Å². The summed E-state index contributed by atoms with van der Waals surface area (Å²) in [6, 6.07) is 43.0. The number of halogens is 2. The molecular weight excluding hydrogens is 1130 g/mol. The van der Waals surface area contributed by atoms with Crippen molar-refractivity contribution in [3.8, 4) is 22.3 Å². The van der Waals surface area contributed by atoms with E-state index in [4.69, 9.17) is 0 Å². The summed E-state index contributed by atoms with van der Waals surface area (Å²) < 4.78 is 7.82. The van der Waals surface area contributed by atoms with Gasteiger partial charge in [0, 0.05) is 58.2 Å². The van der Waals surface area contributed by atoms with E-state index in [1.54, 1.807) is 11.1 Å². The van der Waals surface area contributed by atoms with Gasteiger partial charge >= 0.3 is 0 Å². The Morgan fingerprint density at radius 2 is 0.680 bits per heavy atom. The van der Waals surface area contributed by atoms with Gasteiger partial charge in [-0.15, -0.1) is 0 Å². The Hall–Kier alpha value is -3.62. The van der Waals surface area contributed by atoms with E-state index in [1.165, 1.54) is 251 Å². The summed E-state index contributed by atoms with van der Waals surface area (Å²) in [7, 11) is 0. The number of aromatic nitrogens is 2. The molecule has 0 radical (unpaired) electrons. The highest BCUT2D eigenvalue weighted by Crippen LogP contribution is 2.55. The second kappa shape index (κ2) is 28.8. The highest BCUT2D eigenvalue weighted by Gasteiger charge is 2.42. The molecule has 0 spiro atoms. The first-order valence-corrected chi connectivity index (χ1v) is 32.5. The maximum Gasteiger partial charge on any atom is 0.0501 e. The van der Waals surface area contributed by atoms with E-state index in [0.29, 0.717) is 0 Å². The molecule has 8 aromatic rings. The van der Waals surface area contributed by atoms with E-state index < -0.39 is 0 Å². The Balaban J connectivity index is 0.000000270. The first kappa shape index (κ1) is 57.6. The van der Waals surface area contributed by atoms with Gasteiger partial charge in [-0.2, -0.15) is 0 Å². The second-order valence-electron chi connectivity index (χ2n) is 22.8. The Morgan fingerprint density at radius 1 is 0.333 bits per heavy atom. The van der Waals surface area contributed by atoms with Gasteiger partial charge in [0.2, 0.25) is 0 Å². The quantitative estimate of drug-likeness (QED) is 0.0327. The van der Waals surface area contributed by atoms with Crippen LogP contribution in [-0.4, -0.2) is 9.13 Å². The SMILES string of the molecule is CCCCCCCCn1c2cc(C)ccc2c2ccc(-c3ccc4c(c3)C(CCCCCCCC)(CCCCCCCC)c3cc(C)ccc3-4)cc21.CCCCCCCCn1c2cc(I)ccc2c2ccc(I)cc21. The van der Waals surface area contributed by atoms with Gasteiger partial charge in [-0.05, 0) is 166 Å². The Kier molecular flexibility index (Phi) is 22.1. The lowest BCUT2D eigenvalue weighted by Gasteiger charge is -2.33. The minimum atomic E-state index is 0.108. The normalized spacial score (nSPS) is 12.8. The fourth-order valence-corrected chi connectivity index (χ4v) is 13.8. The van der Waals surface area contributed by atoms with Crippen LogP contribution < -0.4 is 0 Å². The molecule has 0 amide bonds. The van der Waals surface area contributed by atoms with Gasteiger partial charge in [0.1, 0.15) is 0 Å². The predicted octanol–water partition coefficient (Wildman–Crippen LogP) is 23.6. The lowest BCUT2D eigenvalue weighted by molar-refractivity contribution is 0.398. The first-order chi connectivity index (χ1) is 36.7. The molecule has 0 N–H and O–H groups in total. The van der Waals surface area contributed by atoms with Gasteiger partial charge < -0.3 is 9.13 Å². The van der Waals surface area contributed by atoms with E-state index >= 15 is 0 Å². The fraction of sp³-hybridized carbons (Fsp3) is 0.493. The van der Waals surface area contributed by atoms with Crippen molar-refractivity contribution in [3.05, 3.63) is 139 Å². The van der Waals surface area contributed by atoms with Crippen molar-refractivity contribution in [2.24, 2.45) is 0 Å². The van der Waals surface area contributed by atoms with Crippen molar-refractivity contribution in [1.29, 1.82) is 0 Å². The van der Waals surface area contributed by atoms with Gasteiger partial charge in [-0.25, -0.2) is 0 Å². The minimum Gasteiger partial charge on any atom is -0.340 e. The molecule has 0 saturated carbocycles. The lowest BCUT2D eigenvalue weighted by atomic mass is 9.70. The second-order valence-corrected chi connectivity index (χ2v) is 25.3. The molecule has 0 bridgehead atoms. The van der Waals surface area contributed by atoms with Crippen LogP contribution in [0.5, 0.6) is 0 Å². The smallest absolute Gasteiger partial charge is 0.0501 e. The van der Waals surface area contributed by atoms with Gasteiger partial charge in [-0.3, -0.25) is 0 Å². The Morgan fingerprint density at radius 3 is 1.19 bits per heavy atom. The molecule has 4 heteroatoms. The topological polar surface area (TPSA) is 9.86 Å². The van der Waals surface area contributed by atoms with Crippen LogP contribution in [-0.2, 0) is 18.5 Å². The Labute approximate surface area is 481 Å². The molecule has 400 valence electrons. The van der Waals surface area contributed by atoms with Crippen LogP contribution in [0.15, 0.2) is 109 Å². The van der Waals surface area contributed by atoms with Crippen LogP contribution in [0.4, 0.5) is 0 Å². The molecule has 2 aromatic heterocycles. The monoisotopic (exact) mass is 1230 g/mol. The number of hydrogen-bond acceptors (Lipinski definition) is 0. The summed E-state index contributed by atoms with van der Waals surface area (Å²) in [5.41, 5.74) is 17.4. The molecule has 2 heterocycles. The molecular formula is C71H92I2N2. The third kappa shape index (κ3) is 14.2. The minimum absolute atomic E-state index is 0.108. The van der Waals surface area contributed by atoms with Crippen molar-refractivity contribution in [2.75, 3.05) is 0 Å². The van der Waals surface area contributed by atoms with Crippen molar-refractivity contribution >= 4 is 88.8 Å². The van der Waals surface area contributed by atoms with Crippen LogP contribution >= 0.6 is 45.2 Å². The van der Waals surface area contributed by atoms with E-state index in [1.807, 2.05) is 0 Å². The predicted molar refractivity (Wildman–Crippen MR) is 348 cm³/mol. The maximum absolute atomic E-state index is 2.65. The van der Waals surface area contributed by atoms with Crippen LogP contribution in [0.25, 0.3) is 65.9 Å². The van der Waals surface area contributed by atoms with Crippen molar-refractivity contribution in [3.63, 3.8) is 0 Å². The molecule has 1 aliphatic rings. The fourth-order valence-electron chi connectivity index (χ4n) is 12.9. The molecule has 0 saturated heterocycles. The summed E-state index contributed by atoms with van der Waals surface area (Å²) in [5.74, 6) is 0. The summed E-state index contributed by atoms with van der Waals surface area (Å²) in [6.07, 6.45) is 34.8. The molecule has 0 aliphatic heterocycles. The molecule has 0 atom stereocenters. The molecule has 1 aliphatic carbocycles. The van der Waals surface area contributed by atoms with Gasteiger partial charge in [0.05, 0.1) is 11.0 Å². The molecule has 0 unspecified atom stereocenters. The molecule has 9 rings (SSSR count). The lowest BCUT2D eigenvalue weighted by Crippen LogP contribution is -2.25. The van der Waals surface area contributed by atoms with Gasteiger partial charge in [-0.1, -0.05) is 241 Å². The van der Waals surface area contributed by atoms with Crippen LogP contribution in [0.3, 0.4) is 0 Å². The standard InChI is InChI=1S/C51H69N.C20H23I2N/c1-6-9-12-15-18-21-32-51(33-22-19-16-13-10-7-2)47-35-39(4)24-28-43(47)44-30-26-41(37-48(44)51)42-27-31-46-45-29-25-40(5)36-49(45)52(50(46)38-42)34-23-20-17-14-11-8-3;1-2-3-4-5-6-7-12-23-19-13-15(21)8-10-17(19)18-11-9-16(22)14-20(18)23/h24-31,35-38H,6-23,32-34H2,1-5H3;8-11,13-14H,2-7,12H2,1H3. The number of fused-ring (bicyclic) bond motifs is 9. The molecule has 75 heavy (non-hydrogen) atoms. The summed E-state index contributed by atoms with van der Waals surface area (Å²) in [6.45, 7) is 16.0. The summed E-state index contributed by atoms with van der Waals surface area (Å²) in [4.78, 5) is 0. The molecule has 6 aromatic carbocycles. The third-order valence-electron chi connectivity index (χ3n) is 17.0. The number of rotatable bonds is 29. The number of nitrogens with zero attached hydrogens (tertiary/aromatic N) is 2. The van der Waals surface area contributed by atoms with E-state index in [2.05, 4.69) is 205 Å². The Bertz CT molecular complexity index is 3000. The highest BCUT2D eigenvalue weighted by molar-refractivity contribution is 14.1. The van der Waals surface area contributed by atoms with Crippen molar-refractivity contribution in [2.45, 2.75) is 227 Å². The van der Waals surface area contributed by atoms with Gasteiger partial charge in [0.25, 0.3) is 0 Å². The molecule has 2 nitrogen and oxygen atoms in total. The van der Waals surface area contributed by atoms with Gasteiger partial charge in [0.15, 0.2) is 0 Å². The highest BCUT2D eigenvalue weighted by atomic mass is 127. The summed E-state index contributed by atoms with van der Waals surface area (Å²) in [5, 5.41) is 5.58. The van der Waals surface area contributed by atoms with E-state index in [9.17, 15) is 0 Å². The number of hydrogen-bond donors (Lipinski definition) is 0. The van der Waals surface area contributed by atoms with Crippen molar-refractivity contribution < 1.29 is 0 Å². The average molecular weight is 1230 g/mol. The van der Waals surface area contributed by atoms with Crippen molar-refractivity contribution in [1.82, 2.24) is 9.13 Å². The van der Waals surface area contributed by atoms with E-state index in [-0.39, 0.29) is 5.41 Å². The van der Waals surface area contributed by atoms with Crippen LogP contribution in [0.2, 0.25) is 0 Å². The average Bonchev–Trinajstić information content (AvgIpc) is 4.01. The maximum atomic E-state index is 2.65. The number of aryl methyl sites for hydroxylation is 4. The number of benzene rings is 6. The zero-order valence-corrected chi connectivity index (χ0v) is 51.7. The zero-order chi connectivity index (χ0) is 52.6. The first-order valence-electron chi connectivity index (χ1n) is 30.4. The third-order valence-corrected chi connectivity index (χ3v) is 18.4. The molecule has 0 fully saturated rings. The van der Waals surface area contributed by atoms with Crippen LogP contribution in [0, 0.1) is 21.0 Å². The van der Waals surface area contributed by atoms with E-state index in [0.717, 1.165) is 13.1 Å². The zero-order valence-electron chi connectivity index (χ0n) is 47.3.